The molecule has 0 spiro atoms. The van der Waals surface area contributed by atoms with E-state index < -0.39 is 0 Å². The summed E-state index contributed by atoms with van der Waals surface area (Å²) in [6, 6.07) is 4.12. The summed E-state index contributed by atoms with van der Waals surface area (Å²) in [6.07, 6.45) is 6.23. The van der Waals surface area contributed by atoms with E-state index in [2.05, 4.69) is 11.4 Å². The van der Waals surface area contributed by atoms with Crippen molar-refractivity contribution in [2.45, 2.75) is 31.6 Å². The molecule has 0 amide bonds. The Morgan fingerprint density at radius 2 is 2.23 bits per heavy atom. The van der Waals surface area contributed by atoms with Crippen LogP contribution in [-0.2, 0) is 4.79 Å². The Labute approximate surface area is 82.8 Å². The van der Waals surface area contributed by atoms with Gasteiger partial charge in [-0.1, -0.05) is 18.9 Å². The Bertz CT molecular complexity index is 260. The lowest BCUT2D eigenvalue weighted by Crippen LogP contribution is -2.09. The van der Waals surface area contributed by atoms with Gasteiger partial charge in [-0.25, -0.2) is 0 Å². The first-order valence-electron chi connectivity index (χ1n) is 4.90. The molecule has 1 aromatic heterocycles. The molecular formula is C11H14OS. The second-order valence-electron chi connectivity index (χ2n) is 3.72. The minimum Gasteiger partial charge on any atom is -0.303 e. The molecule has 1 atom stereocenters. The van der Waals surface area contributed by atoms with Crippen LogP contribution >= 0.6 is 11.3 Å². The van der Waals surface area contributed by atoms with Crippen molar-refractivity contribution >= 4 is 17.6 Å². The maximum atomic E-state index is 11.0. The average Bonchev–Trinajstić information content (AvgIpc) is 2.76. The van der Waals surface area contributed by atoms with Crippen molar-refractivity contribution in [1.82, 2.24) is 0 Å². The highest BCUT2D eigenvalue weighted by Gasteiger charge is 2.26. The number of rotatable bonds is 3. The molecular weight excluding hydrogens is 180 g/mol. The second-order valence-corrected chi connectivity index (χ2v) is 4.70. The predicted molar refractivity (Wildman–Crippen MR) is 55.1 cm³/mol. The Morgan fingerprint density at radius 1 is 1.46 bits per heavy atom. The van der Waals surface area contributed by atoms with E-state index in [1.54, 1.807) is 11.3 Å². The normalized spacial score (nSPS) is 20.3. The van der Waals surface area contributed by atoms with E-state index in [9.17, 15) is 4.79 Å². The number of hydrogen-bond acceptors (Lipinski definition) is 2. The van der Waals surface area contributed by atoms with Crippen LogP contribution in [0.4, 0.5) is 0 Å². The average molecular weight is 194 g/mol. The van der Waals surface area contributed by atoms with Crippen molar-refractivity contribution in [3.05, 3.63) is 22.4 Å². The predicted octanol–water partition coefficient (Wildman–Crippen LogP) is 3.22. The monoisotopic (exact) mass is 194 g/mol. The van der Waals surface area contributed by atoms with E-state index >= 15 is 0 Å². The van der Waals surface area contributed by atoms with Crippen LogP contribution < -0.4 is 0 Å². The number of aldehydes is 1. The molecule has 1 aliphatic carbocycles. The molecule has 13 heavy (non-hydrogen) atoms. The molecule has 2 rings (SSSR count). The molecule has 1 nitrogen and oxygen atoms in total. The maximum Gasteiger partial charge on any atom is 0.128 e. The summed E-state index contributed by atoms with van der Waals surface area (Å²) in [5.74, 6) is 0.804. The van der Waals surface area contributed by atoms with Gasteiger partial charge in [0.2, 0.25) is 0 Å². The minimum atomic E-state index is 0.183. The topological polar surface area (TPSA) is 17.1 Å². The van der Waals surface area contributed by atoms with Crippen molar-refractivity contribution in [1.29, 1.82) is 0 Å². The fraction of sp³-hybridized carbons (Fsp3) is 0.545. The van der Waals surface area contributed by atoms with Crippen molar-refractivity contribution in [3.63, 3.8) is 0 Å². The highest BCUT2D eigenvalue weighted by molar-refractivity contribution is 7.10. The molecule has 0 radical (unpaired) electrons. The van der Waals surface area contributed by atoms with Gasteiger partial charge < -0.3 is 4.79 Å². The number of carbonyl (C=O) groups excluding carboxylic acids is 1. The van der Waals surface area contributed by atoms with Crippen LogP contribution in [0.25, 0.3) is 0 Å². The van der Waals surface area contributed by atoms with Crippen molar-refractivity contribution in [2.75, 3.05) is 0 Å². The van der Waals surface area contributed by atoms with E-state index in [0.717, 1.165) is 6.29 Å². The lowest BCUT2D eigenvalue weighted by molar-refractivity contribution is -0.110. The summed E-state index contributed by atoms with van der Waals surface area (Å²) in [5.41, 5.74) is 0. The van der Waals surface area contributed by atoms with Crippen LogP contribution in [-0.4, -0.2) is 6.29 Å². The summed E-state index contributed by atoms with van der Waals surface area (Å²) < 4.78 is 0. The van der Waals surface area contributed by atoms with E-state index in [-0.39, 0.29) is 5.92 Å². The van der Waals surface area contributed by atoms with Gasteiger partial charge >= 0.3 is 0 Å². The Kier molecular flexibility index (Phi) is 2.79. The summed E-state index contributed by atoms with van der Waals surface area (Å²) in [5, 5.41) is 2.06. The van der Waals surface area contributed by atoms with E-state index in [1.165, 1.54) is 30.6 Å². The molecule has 1 saturated carbocycles. The van der Waals surface area contributed by atoms with E-state index in [0.29, 0.717) is 5.92 Å². The fourth-order valence-corrected chi connectivity index (χ4v) is 3.08. The largest absolute Gasteiger partial charge is 0.303 e. The molecule has 1 unspecified atom stereocenters. The smallest absolute Gasteiger partial charge is 0.128 e. The molecule has 1 heterocycles. The molecule has 0 saturated heterocycles. The molecule has 1 fully saturated rings. The minimum absolute atomic E-state index is 0.183. The van der Waals surface area contributed by atoms with Gasteiger partial charge in [-0.2, -0.15) is 0 Å². The molecule has 1 aromatic rings. The molecule has 0 N–H and O–H groups in total. The first kappa shape index (κ1) is 8.95. The Hall–Kier alpha value is -0.630. The highest BCUT2D eigenvalue weighted by atomic mass is 32.1. The number of hydrogen-bond donors (Lipinski definition) is 0. The molecule has 0 bridgehead atoms. The molecule has 1 aliphatic rings. The lowest BCUT2D eigenvalue weighted by Gasteiger charge is -2.15. The second kappa shape index (κ2) is 4.05. The van der Waals surface area contributed by atoms with Gasteiger partial charge in [0.25, 0.3) is 0 Å². The third kappa shape index (κ3) is 1.83. The molecule has 0 aromatic carbocycles. The van der Waals surface area contributed by atoms with Crippen molar-refractivity contribution < 1.29 is 4.79 Å². The van der Waals surface area contributed by atoms with Gasteiger partial charge in [-0.05, 0) is 30.2 Å². The zero-order valence-corrected chi connectivity index (χ0v) is 8.43. The van der Waals surface area contributed by atoms with Crippen LogP contribution in [0.1, 0.15) is 36.5 Å². The third-order valence-electron chi connectivity index (χ3n) is 2.93. The van der Waals surface area contributed by atoms with Crippen molar-refractivity contribution in [3.8, 4) is 0 Å². The summed E-state index contributed by atoms with van der Waals surface area (Å²) in [6.45, 7) is 0. The van der Waals surface area contributed by atoms with Crippen LogP contribution in [0.3, 0.4) is 0 Å². The van der Waals surface area contributed by atoms with E-state index in [4.69, 9.17) is 0 Å². The van der Waals surface area contributed by atoms with Gasteiger partial charge in [-0.3, -0.25) is 0 Å². The van der Waals surface area contributed by atoms with Gasteiger partial charge in [-0.15, -0.1) is 11.3 Å². The van der Waals surface area contributed by atoms with Crippen LogP contribution in [0.15, 0.2) is 17.5 Å². The standard InChI is InChI=1S/C11H14OS/c12-8-10(9-4-1-2-5-9)11-6-3-7-13-11/h3,6-10H,1-2,4-5H2. The Morgan fingerprint density at radius 3 is 2.77 bits per heavy atom. The van der Waals surface area contributed by atoms with Crippen LogP contribution in [0, 0.1) is 5.92 Å². The molecule has 0 aliphatic heterocycles. The van der Waals surface area contributed by atoms with Gasteiger partial charge in [0.15, 0.2) is 0 Å². The summed E-state index contributed by atoms with van der Waals surface area (Å²) in [7, 11) is 0. The fourth-order valence-electron chi connectivity index (χ4n) is 2.21. The van der Waals surface area contributed by atoms with Crippen LogP contribution in [0.2, 0.25) is 0 Å². The lowest BCUT2D eigenvalue weighted by atomic mass is 9.91. The van der Waals surface area contributed by atoms with Crippen LogP contribution in [0.5, 0.6) is 0 Å². The summed E-state index contributed by atoms with van der Waals surface area (Å²) in [4.78, 5) is 12.2. The van der Waals surface area contributed by atoms with Gasteiger partial charge in [0.1, 0.15) is 6.29 Å². The maximum absolute atomic E-state index is 11.0. The first-order valence-corrected chi connectivity index (χ1v) is 5.78. The summed E-state index contributed by atoms with van der Waals surface area (Å²) >= 11 is 1.71. The zero-order valence-electron chi connectivity index (χ0n) is 7.61. The van der Waals surface area contributed by atoms with Crippen molar-refractivity contribution in [2.24, 2.45) is 5.92 Å². The quantitative estimate of drug-likeness (QED) is 0.675. The Balaban J connectivity index is 2.13. The number of carbonyl (C=O) groups is 1. The molecule has 2 heteroatoms. The number of thiophene rings is 1. The first-order chi connectivity index (χ1) is 6.42. The van der Waals surface area contributed by atoms with Gasteiger partial charge in [0, 0.05) is 4.88 Å². The van der Waals surface area contributed by atoms with Gasteiger partial charge in [0.05, 0.1) is 5.92 Å². The SMILES string of the molecule is O=CC(c1cccs1)C1CCCC1. The highest BCUT2D eigenvalue weighted by Crippen LogP contribution is 2.37. The van der Waals surface area contributed by atoms with E-state index in [1.807, 2.05) is 6.07 Å². The molecule has 70 valence electrons. The third-order valence-corrected chi connectivity index (χ3v) is 3.90. The zero-order chi connectivity index (χ0) is 9.10.